The van der Waals surface area contributed by atoms with Gasteiger partial charge in [-0.2, -0.15) is 0 Å². The maximum atomic E-state index is 11.9. The highest BCUT2D eigenvalue weighted by Gasteiger charge is 2.31. The van der Waals surface area contributed by atoms with Crippen LogP contribution in [0, 0.1) is 0 Å². The van der Waals surface area contributed by atoms with Crippen molar-refractivity contribution in [3.63, 3.8) is 0 Å². The van der Waals surface area contributed by atoms with Gasteiger partial charge in [0.2, 0.25) is 5.91 Å². The van der Waals surface area contributed by atoms with E-state index in [9.17, 15) is 9.59 Å². The molecule has 0 bridgehead atoms. The van der Waals surface area contributed by atoms with Crippen LogP contribution >= 0.6 is 0 Å². The smallest absolute Gasteiger partial charge is 0.241 e. The lowest BCUT2D eigenvalue weighted by molar-refractivity contribution is -0.134. The molecule has 1 saturated heterocycles. The summed E-state index contributed by atoms with van der Waals surface area (Å²) in [5, 5.41) is 5.78. The molecule has 1 aromatic rings. The van der Waals surface area contributed by atoms with Crippen LogP contribution in [0.1, 0.15) is 6.42 Å². The van der Waals surface area contributed by atoms with Gasteiger partial charge >= 0.3 is 0 Å². The van der Waals surface area contributed by atoms with Gasteiger partial charge in [-0.1, -0.05) is 18.2 Å². The first-order valence-electron chi connectivity index (χ1n) is 5.85. The molecule has 2 N–H and O–H groups in total. The number of anilines is 1. The molecule has 0 radical (unpaired) electrons. The number of hydrogen-bond donors (Lipinski definition) is 2. The molecule has 5 heteroatoms. The number of carbonyl (C=O) groups excluding carboxylic acids is 2. The van der Waals surface area contributed by atoms with E-state index < -0.39 is 12.1 Å². The number of methoxy groups -OCH3 is 1. The third-order valence-electron chi connectivity index (χ3n) is 2.96. The number of ketones is 1. The number of nitrogens with one attached hydrogen (secondary N) is 2. The third kappa shape index (κ3) is 2.94. The third-order valence-corrected chi connectivity index (χ3v) is 2.96. The Labute approximate surface area is 106 Å². The first-order valence-corrected chi connectivity index (χ1v) is 5.85. The highest BCUT2D eigenvalue weighted by molar-refractivity contribution is 5.99. The highest BCUT2D eigenvalue weighted by atomic mass is 16.5. The molecule has 1 aliphatic heterocycles. The molecule has 18 heavy (non-hydrogen) atoms. The molecule has 0 aromatic heterocycles. The van der Waals surface area contributed by atoms with Gasteiger partial charge in [-0.15, -0.1) is 0 Å². The first-order chi connectivity index (χ1) is 8.70. The van der Waals surface area contributed by atoms with Crippen LogP contribution in [0.2, 0.25) is 0 Å². The van der Waals surface area contributed by atoms with E-state index in [-0.39, 0.29) is 18.1 Å². The van der Waals surface area contributed by atoms with Crippen LogP contribution in [-0.2, 0) is 14.3 Å². The van der Waals surface area contributed by atoms with Crippen LogP contribution in [-0.4, -0.2) is 37.5 Å². The highest BCUT2D eigenvalue weighted by Crippen LogP contribution is 2.11. The summed E-state index contributed by atoms with van der Waals surface area (Å²) in [7, 11) is 1.49. The molecule has 1 amide bonds. The predicted molar refractivity (Wildman–Crippen MR) is 67.3 cm³/mol. The van der Waals surface area contributed by atoms with E-state index in [1.54, 1.807) is 12.1 Å². The molecule has 1 aromatic carbocycles. The van der Waals surface area contributed by atoms with Gasteiger partial charge in [-0.25, -0.2) is 0 Å². The number of benzene rings is 1. The van der Waals surface area contributed by atoms with Crippen molar-refractivity contribution in [3.8, 4) is 0 Å². The second-order valence-corrected chi connectivity index (χ2v) is 4.21. The number of para-hydroxylation sites is 1. The Morgan fingerprint density at radius 1 is 1.39 bits per heavy atom. The van der Waals surface area contributed by atoms with Crippen molar-refractivity contribution < 1.29 is 14.3 Å². The molecule has 96 valence electrons. The molecular weight excluding hydrogens is 232 g/mol. The molecule has 1 heterocycles. The Balaban J connectivity index is 1.93. The Morgan fingerprint density at radius 2 is 2.11 bits per heavy atom. The predicted octanol–water partition coefficient (Wildman–Crippen LogP) is 0.571. The minimum absolute atomic E-state index is 0.0375. The van der Waals surface area contributed by atoms with Gasteiger partial charge in [0.25, 0.3) is 0 Å². The van der Waals surface area contributed by atoms with E-state index in [1.807, 2.05) is 18.2 Å². The monoisotopic (exact) mass is 248 g/mol. The minimum atomic E-state index is -0.482. The second-order valence-electron chi connectivity index (χ2n) is 4.21. The first kappa shape index (κ1) is 12.7. The van der Waals surface area contributed by atoms with Gasteiger partial charge in [-0.3, -0.25) is 9.59 Å². The number of ether oxygens (including phenoxy) is 1. The van der Waals surface area contributed by atoms with Crippen LogP contribution < -0.4 is 10.6 Å². The van der Waals surface area contributed by atoms with E-state index in [1.165, 1.54) is 7.11 Å². The maximum absolute atomic E-state index is 11.9. The summed E-state index contributed by atoms with van der Waals surface area (Å²) in [5.74, 6) is -0.228. The lowest BCUT2D eigenvalue weighted by Crippen LogP contribution is -2.53. The van der Waals surface area contributed by atoms with Gasteiger partial charge in [-0.05, 0) is 12.1 Å². The fourth-order valence-corrected chi connectivity index (χ4v) is 1.92. The van der Waals surface area contributed by atoms with E-state index in [0.29, 0.717) is 6.54 Å². The summed E-state index contributed by atoms with van der Waals surface area (Å²) in [6.07, 6.45) is -0.275. The van der Waals surface area contributed by atoms with Crippen LogP contribution in [0.5, 0.6) is 0 Å². The molecule has 0 saturated carbocycles. The lowest BCUT2D eigenvalue weighted by Gasteiger charge is -2.27. The number of piperidine rings is 1. The summed E-state index contributed by atoms with van der Waals surface area (Å²) in [6.45, 7) is 0.377. The largest absolute Gasteiger partial charge is 0.372 e. The van der Waals surface area contributed by atoms with Crippen molar-refractivity contribution in [1.82, 2.24) is 5.32 Å². The number of rotatable bonds is 3. The van der Waals surface area contributed by atoms with Crippen LogP contribution in [0.25, 0.3) is 0 Å². The average Bonchev–Trinajstić information content (AvgIpc) is 2.39. The summed E-state index contributed by atoms with van der Waals surface area (Å²) in [6, 6.07) is 8.69. The van der Waals surface area contributed by atoms with Gasteiger partial charge in [0.05, 0.1) is 6.04 Å². The van der Waals surface area contributed by atoms with E-state index in [0.717, 1.165) is 5.69 Å². The standard InChI is InChI=1S/C13H16N2O3/c1-18-12-8-14-10(7-11(12)16)13(17)15-9-5-3-2-4-6-9/h2-6,10,12,14H,7-8H2,1H3,(H,15,17). The average molecular weight is 248 g/mol. The van der Waals surface area contributed by atoms with E-state index in [4.69, 9.17) is 4.74 Å². The van der Waals surface area contributed by atoms with Crippen molar-refractivity contribution >= 4 is 17.4 Å². The minimum Gasteiger partial charge on any atom is -0.372 e. The maximum Gasteiger partial charge on any atom is 0.241 e. The molecule has 2 unspecified atom stereocenters. The molecule has 2 atom stereocenters. The van der Waals surface area contributed by atoms with E-state index >= 15 is 0 Å². The number of hydrogen-bond acceptors (Lipinski definition) is 4. The van der Waals surface area contributed by atoms with Crippen molar-refractivity contribution in [2.75, 3.05) is 19.0 Å². The molecule has 1 aliphatic rings. The van der Waals surface area contributed by atoms with Crippen molar-refractivity contribution in [3.05, 3.63) is 30.3 Å². The number of carbonyl (C=O) groups is 2. The zero-order valence-electron chi connectivity index (χ0n) is 10.2. The van der Waals surface area contributed by atoms with Gasteiger partial charge < -0.3 is 15.4 Å². The Kier molecular flexibility index (Phi) is 4.07. The SMILES string of the molecule is COC1CNC(C(=O)Nc2ccccc2)CC1=O. The Morgan fingerprint density at radius 3 is 2.72 bits per heavy atom. The van der Waals surface area contributed by atoms with Gasteiger partial charge in [0.1, 0.15) is 6.10 Å². The van der Waals surface area contributed by atoms with Crippen molar-refractivity contribution in [2.24, 2.45) is 0 Å². The van der Waals surface area contributed by atoms with Crippen LogP contribution in [0.4, 0.5) is 5.69 Å². The fraction of sp³-hybridized carbons (Fsp3) is 0.385. The normalized spacial score (nSPS) is 23.7. The second kappa shape index (κ2) is 5.75. The quantitative estimate of drug-likeness (QED) is 0.820. The molecular formula is C13H16N2O3. The zero-order chi connectivity index (χ0) is 13.0. The molecule has 0 aliphatic carbocycles. The van der Waals surface area contributed by atoms with E-state index in [2.05, 4.69) is 10.6 Å². The summed E-state index contributed by atoms with van der Waals surface area (Å²) >= 11 is 0. The summed E-state index contributed by atoms with van der Waals surface area (Å²) in [5.41, 5.74) is 0.727. The Hall–Kier alpha value is -1.72. The lowest BCUT2D eigenvalue weighted by atomic mass is 10.0. The molecule has 2 rings (SSSR count). The van der Waals surface area contributed by atoms with Crippen molar-refractivity contribution in [2.45, 2.75) is 18.6 Å². The molecule has 5 nitrogen and oxygen atoms in total. The summed E-state index contributed by atoms with van der Waals surface area (Å²) in [4.78, 5) is 23.6. The van der Waals surface area contributed by atoms with Crippen LogP contribution in [0.15, 0.2) is 30.3 Å². The van der Waals surface area contributed by atoms with Gasteiger partial charge in [0, 0.05) is 25.8 Å². The molecule has 1 fully saturated rings. The number of Topliss-reactive ketones (excluding diaryl/α,β-unsaturated/α-hetero) is 1. The van der Waals surface area contributed by atoms with Gasteiger partial charge in [0.15, 0.2) is 5.78 Å². The molecule has 0 spiro atoms. The number of amides is 1. The topological polar surface area (TPSA) is 67.4 Å². The summed E-state index contributed by atoms with van der Waals surface area (Å²) < 4.78 is 5.01. The van der Waals surface area contributed by atoms with Crippen LogP contribution in [0.3, 0.4) is 0 Å². The zero-order valence-corrected chi connectivity index (χ0v) is 10.2. The fourth-order valence-electron chi connectivity index (χ4n) is 1.92. The van der Waals surface area contributed by atoms with Crippen molar-refractivity contribution in [1.29, 1.82) is 0 Å². The Bertz CT molecular complexity index is 433.